The van der Waals surface area contributed by atoms with Gasteiger partial charge in [0.15, 0.2) is 0 Å². The van der Waals surface area contributed by atoms with E-state index in [1.165, 1.54) is 0 Å². The Labute approximate surface area is 101 Å². The first kappa shape index (κ1) is 13.1. The molecular weight excluding hydrogens is 218 g/mol. The molecule has 1 aromatic rings. The number of carboxylic acid groups (broad SMARTS) is 1. The molecule has 4 nitrogen and oxygen atoms in total. The quantitative estimate of drug-likeness (QED) is 0.744. The van der Waals surface area contributed by atoms with Crippen LogP contribution < -0.4 is 10.1 Å². The number of benzene rings is 1. The summed E-state index contributed by atoms with van der Waals surface area (Å²) in [6, 6.07) is 7.54. The average Bonchev–Trinajstić information content (AvgIpc) is 2.31. The molecule has 4 heteroatoms. The topological polar surface area (TPSA) is 58.6 Å². The van der Waals surface area contributed by atoms with Gasteiger partial charge < -0.3 is 15.2 Å². The van der Waals surface area contributed by atoms with Gasteiger partial charge in [-0.3, -0.25) is 0 Å². The third-order valence-corrected chi connectivity index (χ3v) is 2.22. The molecule has 2 N–H and O–H groups in total. The summed E-state index contributed by atoms with van der Waals surface area (Å²) in [6.45, 7) is 4.65. The van der Waals surface area contributed by atoms with Gasteiger partial charge in [-0.2, -0.15) is 0 Å². The van der Waals surface area contributed by atoms with E-state index in [0.717, 1.165) is 11.4 Å². The fourth-order valence-electron chi connectivity index (χ4n) is 1.24. The molecule has 0 saturated carbocycles. The van der Waals surface area contributed by atoms with Gasteiger partial charge in [-0.05, 0) is 38.1 Å². The Kier molecular flexibility index (Phi) is 5.07. The first-order valence-electron chi connectivity index (χ1n) is 5.50. The van der Waals surface area contributed by atoms with Crippen LogP contribution in [0.3, 0.4) is 0 Å². The van der Waals surface area contributed by atoms with E-state index in [0.29, 0.717) is 18.7 Å². The number of ether oxygens (including phenoxy) is 1. The molecule has 1 aromatic carbocycles. The molecular formula is C13H17NO3. The molecule has 0 bridgehead atoms. The predicted octanol–water partition coefficient (Wildman–Crippen LogP) is 2.53. The normalized spacial score (nSPS) is 11.1. The molecule has 0 atom stereocenters. The molecule has 0 aliphatic carbocycles. The molecule has 1 rings (SSSR count). The Balaban J connectivity index is 2.47. The lowest BCUT2D eigenvalue weighted by Crippen LogP contribution is -2.03. The lowest BCUT2D eigenvalue weighted by molar-refractivity contribution is -0.132. The largest absolute Gasteiger partial charge is 0.494 e. The van der Waals surface area contributed by atoms with Crippen molar-refractivity contribution in [3.05, 3.63) is 35.9 Å². The second-order valence-corrected chi connectivity index (χ2v) is 3.53. The van der Waals surface area contributed by atoms with Crippen molar-refractivity contribution in [2.75, 3.05) is 18.5 Å². The third-order valence-electron chi connectivity index (χ3n) is 2.22. The molecule has 0 heterocycles. The molecule has 0 spiro atoms. The number of carbonyl (C=O) groups is 1. The summed E-state index contributed by atoms with van der Waals surface area (Å²) in [7, 11) is 0. The minimum absolute atomic E-state index is 0.337. The maximum Gasteiger partial charge on any atom is 0.331 e. The molecule has 0 saturated heterocycles. The van der Waals surface area contributed by atoms with Crippen LogP contribution in [-0.2, 0) is 4.79 Å². The Hall–Kier alpha value is -1.97. The standard InChI is InChI=1S/C13H17NO3/c1-3-17-12-6-4-11(5-7-12)14-9-8-10(2)13(15)16/h4-8,14H,3,9H2,1-2H3,(H,15,16)/b10-8-. The van der Waals surface area contributed by atoms with Crippen LogP contribution in [0.15, 0.2) is 35.9 Å². The van der Waals surface area contributed by atoms with Crippen molar-refractivity contribution in [1.82, 2.24) is 0 Å². The summed E-state index contributed by atoms with van der Waals surface area (Å²) in [5, 5.41) is 11.8. The van der Waals surface area contributed by atoms with E-state index in [9.17, 15) is 4.79 Å². The number of nitrogens with one attached hydrogen (secondary N) is 1. The minimum Gasteiger partial charge on any atom is -0.494 e. The molecule has 0 aliphatic heterocycles. The van der Waals surface area contributed by atoms with Crippen LogP contribution in [0.4, 0.5) is 5.69 Å². The lowest BCUT2D eigenvalue weighted by Gasteiger charge is -2.06. The number of rotatable bonds is 6. The highest BCUT2D eigenvalue weighted by Gasteiger charge is 1.98. The fourth-order valence-corrected chi connectivity index (χ4v) is 1.24. The number of hydrogen-bond acceptors (Lipinski definition) is 3. The molecule has 0 aromatic heterocycles. The predicted molar refractivity (Wildman–Crippen MR) is 67.5 cm³/mol. The van der Waals surface area contributed by atoms with Gasteiger partial charge in [0.1, 0.15) is 5.75 Å². The second-order valence-electron chi connectivity index (χ2n) is 3.53. The van der Waals surface area contributed by atoms with Gasteiger partial charge >= 0.3 is 5.97 Å². The Morgan fingerprint density at radius 2 is 2.06 bits per heavy atom. The van der Waals surface area contributed by atoms with Gasteiger partial charge in [0.05, 0.1) is 6.61 Å². The number of carboxylic acids is 1. The van der Waals surface area contributed by atoms with E-state index in [1.54, 1.807) is 13.0 Å². The first-order valence-corrected chi connectivity index (χ1v) is 5.50. The third kappa shape index (κ3) is 4.59. The van der Waals surface area contributed by atoms with Crippen LogP contribution in [0.1, 0.15) is 13.8 Å². The van der Waals surface area contributed by atoms with Crippen molar-refractivity contribution in [3.8, 4) is 5.75 Å². The smallest absolute Gasteiger partial charge is 0.331 e. The van der Waals surface area contributed by atoms with Gasteiger partial charge in [0.2, 0.25) is 0 Å². The number of anilines is 1. The van der Waals surface area contributed by atoms with Crippen LogP contribution in [0, 0.1) is 0 Å². The highest BCUT2D eigenvalue weighted by atomic mass is 16.5. The summed E-state index contributed by atoms with van der Waals surface area (Å²) in [4.78, 5) is 10.5. The summed E-state index contributed by atoms with van der Waals surface area (Å²) in [6.07, 6.45) is 1.64. The van der Waals surface area contributed by atoms with Gasteiger partial charge in [-0.15, -0.1) is 0 Å². The summed E-state index contributed by atoms with van der Waals surface area (Å²) < 4.78 is 5.32. The zero-order valence-corrected chi connectivity index (χ0v) is 10.1. The van der Waals surface area contributed by atoms with Gasteiger partial charge in [-0.25, -0.2) is 4.79 Å². The molecule has 17 heavy (non-hydrogen) atoms. The zero-order chi connectivity index (χ0) is 12.7. The van der Waals surface area contributed by atoms with E-state index < -0.39 is 5.97 Å². The lowest BCUT2D eigenvalue weighted by atomic mass is 10.2. The van der Waals surface area contributed by atoms with E-state index in [1.807, 2.05) is 31.2 Å². The van der Waals surface area contributed by atoms with Crippen molar-refractivity contribution in [3.63, 3.8) is 0 Å². The van der Waals surface area contributed by atoms with Crippen LogP contribution in [0.25, 0.3) is 0 Å². The molecule has 0 aliphatic rings. The van der Waals surface area contributed by atoms with Crippen LogP contribution in [0.5, 0.6) is 5.75 Å². The van der Waals surface area contributed by atoms with E-state index in [4.69, 9.17) is 9.84 Å². The van der Waals surface area contributed by atoms with E-state index in [2.05, 4.69) is 5.32 Å². The monoisotopic (exact) mass is 235 g/mol. The van der Waals surface area contributed by atoms with Gasteiger partial charge in [0, 0.05) is 17.8 Å². The second kappa shape index (κ2) is 6.58. The van der Waals surface area contributed by atoms with Gasteiger partial charge in [0.25, 0.3) is 0 Å². The Morgan fingerprint density at radius 3 is 2.59 bits per heavy atom. The van der Waals surface area contributed by atoms with E-state index in [-0.39, 0.29) is 0 Å². The SMILES string of the molecule is CCOc1ccc(NC/C=C(/C)C(=O)O)cc1. The molecule has 0 fully saturated rings. The van der Waals surface area contributed by atoms with Crippen LogP contribution in [-0.4, -0.2) is 24.2 Å². The maximum atomic E-state index is 10.5. The first-order chi connectivity index (χ1) is 8.13. The molecule has 0 unspecified atom stereocenters. The highest BCUT2D eigenvalue weighted by molar-refractivity contribution is 5.85. The minimum atomic E-state index is -0.890. The van der Waals surface area contributed by atoms with Crippen LogP contribution in [0.2, 0.25) is 0 Å². The van der Waals surface area contributed by atoms with Crippen molar-refractivity contribution in [2.24, 2.45) is 0 Å². The summed E-state index contributed by atoms with van der Waals surface area (Å²) in [5.41, 5.74) is 1.27. The molecule has 0 radical (unpaired) electrons. The van der Waals surface area contributed by atoms with Crippen molar-refractivity contribution < 1.29 is 14.6 Å². The number of aliphatic carboxylic acids is 1. The Morgan fingerprint density at radius 1 is 1.41 bits per heavy atom. The van der Waals surface area contributed by atoms with Gasteiger partial charge in [-0.1, -0.05) is 6.08 Å². The fraction of sp³-hybridized carbons (Fsp3) is 0.308. The number of hydrogen-bond donors (Lipinski definition) is 2. The van der Waals surface area contributed by atoms with E-state index >= 15 is 0 Å². The van der Waals surface area contributed by atoms with Crippen molar-refractivity contribution >= 4 is 11.7 Å². The summed E-state index contributed by atoms with van der Waals surface area (Å²) >= 11 is 0. The average molecular weight is 235 g/mol. The van der Waals surface area contributed by atoms with Crippen LogP contribution >= 0.6 is 0 Å². The highest BCUT2D eigenvalue weighted by Crippen LogP contribution is 2.15. The summed E-state index contributed by atoms with van der Waals surface area (Å²) in [5.74, 6) is -0.0613. The maximum absolute atomic E-state index is 10.5. The molecule has 92 valence electrons. The zero-order valence-electron chi connectivity index (χ0n) is 10.1. The van der Waals surface area contributed by atoms with Crippen molar-refractivity contribution in [2.45, 2.75) is 13.8 Å². The van der Waals surface area contributed by atoms with Crippen molar-refractivity contribution in [1.29, 1.82) is 0 Å². The molecule has 0 amide bonds. The Bertz CT molecular complexity index is 396.